The summed E-state index contributed by atoms with van der Waals surface area (Å²) in [6.07, 6.45) is 2.54. The lowest BCUT2D eigenvalue weighted by Crippen LogP contribution is -2.41. The van der Waals surface area contributed by atoms with E-state index in [1.807, 2.05) is 12.1 Å². The third-order valence-electron chi connectivity index (χ3n) is 4.64. The van der Waals surface area contributed by atoms with E-state index >= 15 is 0 Å². The molecule has 0 atom stereocenters. The van der Waals surface area contributed by atoms with Gasteiger partial charge in [0.05, 0.1) is 11.2 Å². The standard InChI is InChI=1S/C17H28N2O4S2/c1-17(2,3)15-5-7-16(8-6-15)25(22,23)18-13-14-9-11-19(12-10-14)24(4,20)21/h5-8,14,18H,9-13H2,1-4H3. The predicted octanol–water partition coefficient (Wildman–Crippen LogP) is 1.93. The average Bonchev–Trinajstić information content (AvgIpc) is 2.52. The molecule has 6 nitrogen and oxygen atoms in total. The zero-order chi connectivity index (χ0) is 18.9. The summed E-state index contributed by atoms with van der Waals surface area (Å²) in [4.78, 5) is 0.258. The van der Waals surface area contributed by atoms with Crippen molar-refractivity contribution in [2.45, 2.75) is 43.9 Å². The van der Waals surface area contributed by atoms with Gasteiger partial charge in [-0.2, -0.15) is 0 Å². The highest BCUT2D eigenvalue weighted by atomic mass is 32.2. The SMILES string of the molecule is CC(C)(C)c1ccc(S(=O)(=O)NCC2CCN(S(C)(=O)=O)CC2)cc1. The highest BCUT2D eigenvalue weighted by Gasteiger charge is 2.26. The predicted molar refractivity (Wildman–Crippen MR) is 99.5 cm³/mol. The van der Waals surface area contributed by atoms with Crippen LogP contribution in [0.3, 0.4) is 0 Å². The van der Waals surface area contributed by atoms with E-state index in [-0.39, 0.29) is 16.2 Å². The van der Waals surface area contributed by atoms with Gasteiger partial charge in [-0.3, -0.25) is 0 Å². The molecule has 0 saturated carbocycles. The normalized spacial score (nSPS) is 18.4. The Hall–Kier alpha value is -0.960. The van der Waals surface area contributed by atoms with Crippen LogP contribution in [0, 0.1) is 5.92 Å². The van der Waals surface area contributed by atoms with E-state index in [0.29, 0.717) is 32.5 Å². The van der Waals surface area contributed by atoms with Crippen LogP contribution in [0.25, 0.3) is 0 Å². The Balaban J connectivity index is 1.94. The minimum Gasteiger partial charge on any atom is -0.213 e. The number of sulfonamides is 2. The third kappa shape index (κ3) is 5.51. The Labute approximate surface area is 151 Å². The Bertz CT molecular complexity index is 786. The van der Waals surface area contributed by atoms with Crippen molar-refractivity contribution in [3.05, 3.63) is 29.8 Å². The molecule has 8 heteroatoms. The molecule has 0 unspecified atom stereocenters. The van der Waals surface area contributed by atoms with Crippen molar-refractivity contribution in [2.75, 3.05) is 25.9 Å². The van der Waals surface area contributed by atoms with Crippen molar-refractivity contribution < 1.29 is 16.8 Å². The fourth-order valence-electron chi connectivity index (χ4n) is 2.89. The third-order valence-corrected chi connectivity index (χ3v) is 7.38. The zero-order valence-corrected chi connectivity index (χ0v) is 17.0. The maximum atomic E-state index is 12.4. The molecule has 1 saturated heterocycles. The summed E-state index contributed by atoms with van der Waals surface area (Å²) < 4.78 is 52.0. The molecule has 0 aliphatic carbocycles. The van der Waals surface area contributed by atoms with E-state index in [2.05, 4.69) is 25.5 Å². The molecule has 1 aromatic rings. The van der Waals surface area contributed by atoms with Gasteiger partial charge in [-0.1, -0.05) is 32.9 Å². The smallest absolute Gasteiger partial charge is 0.213 e. The first kappa shape index (κ1) is 20.4. The van der Waals surface area contributed by atoms with Crippen LogP contribution in [-0.2, 0) is 25.5 Å². The van der Waals surface area contributed by atoms with Crippen molar-refractivity contribution in [1.29, 1.82) is 0 Å². The molecule has 1 aliphatic rings. The van der Waals surface area contributed by atoms with Crippen molar-refractivity contribution in [3.63, 3.8) is 0 Å². The van der Waals surface area contributed by atoms with E-state index in [0.717, 1.165) is 5.56 Å². The van der Waals surface area contributed by atoms with Crippen molar-refractivity contribution in [3.8, 4) is 0 Å². The van der Waals surface area contributed by atoms with Crippen LogP contribution >= 0.6 is 0 Å². The van der Waals surface area contributed by atoms with Crippen LogP contribution in [0.4, 0.5) is 0 Å². The fraction of sp³-hybridized carbons (Fsp3) is 0.647. The highest BCUT2D eigenvalue weighted by molar-refractivity contribution is 7.89. The van der Waals surface area contributed by atoms with Crippen LogP contribution in [0.1, 0.15) is 39.2 Å². The Morgan fingerprint density at radius 3 is 2.00 bits per heavy atom. The first-order chi connectivity index (χ1) is 11.4. The Morgan fingerprint density at radius 2 is 1.56 bits per heavy atom. The second-order valence-electron chi connectivity index (χ2n) is 7.73. The number of hydrogen-bond donors (Lipinski definition) is 1. The summed E-state index contributed by atoms with van der Waals surface area (Å²) in [7, 11) is -6.70. The van der Waals surface area contributed by atoms with Crippen LogP contribution in [0.5, 0.6) is 0 Å². The molecule has 0 spiro atoms. The summed E-state index contributed by atoms with van der Waals surface area (Å²) in [6, 6.07) is 6.96. The number of hydrogen-bond acceptors (Lipinski definition) is 4. The molecule has 1 aliphatic heterocycles. The molecule has 2 rings (SSSR count). The van der Waals surface area contributed by atoms with E-state index in [1.165, 1.54) is 10.6 Å². The Morgan fingerprint density at radius 1 is 1.04 bits per heavy atom. The maximum Gasteiger partial charge on any atom is 0.240 e. The lowest BCUT2D eigenvalue weighted by molar-refractivity contribution is 0.275. The number of piperidine rings is 1. The molecule has 1 aromatic carbocycles. The van der Waals surface area contributed by atoms with E-state index in [9.17, 15) is 16.8 Å². The molecule has 1 fully saturated rings. The van der Waals surface area contributed by atoms with Crippen molar-refractivity contribution >= 4 is 20.0 Å². The van der Waals surface area contributed by atoms with Gasteiger partial charge in [0.25, 0.3) is 0 Å². The number of rotatable bonds is 5. The molecule has 0 amide bonds. The van der Waals surface area contributed by atoms with Gasteiger partial charge in [0, 0.05) is 19.6 Å². The highest BCUT2D eigenvalue weighted by Crippen LogP contribution is 2.24. The first-order valence-corrected chi connectivity index (χ1v) is 11.8. The lowest BCUT2D eigenvalue weighted by atomic mass is 9.87. The van der Waals surface area contributed by atoms with Crippen LogP contribution in [0.15, 0.2) is 29.2 Å². The summed E-state index contributed by atoms with van der Waals surface area (Å²) in [5, 5.41) is 0. The molecule has 0 bridgehead atoms. The Kier molecular flexibility index (Phi) is 5.98. The molecule has 142 valence electrons. The number of benzene rings is 1. The van der Waals surface area contributed by atoms with Crippen LogP contribution in [0.2, 0.25) is 0 Å². The second kappa shape index (κ2) is 7.34. The molecule has 25 heavy (non-hydrogen) atoms. The minimum absolute atomic E-state index is 0.0245. The summed E-state index contributed by atoms with van der Waals surface area (Å²) in [6.45, 7) is 7.48. The molecular formula is C17H28N2O4S2. The van der Waals surface area contributed by atoms with Gasteiger partial charge >= 0.3 is 0 Å². The van der Waals surface area contributed by atoms with E-state index < -0.39 is 20.0 Å². The average molecular weight is 389 g/mol. The number of nitrogens with zero attached hydrogens (tertiary/aromatic N) is 1. The van der Waals surface area contributed by atoms with E-state index in [1.54, 1.807) is 12.1 Å². The van der Waals surface area contributed by atoms with Crippen LogP contribution < -0.4 is 4.72 Å². The van der Waals surface area contributed by atoms with Crippen molar-refractivity contribution in [1.82, 2.24) is 9.03 Å². The molecule has 0 aromatic heterocycles. The maximum absolute atomic E-state index is 12.4. The molecular weight excluding hydrogens is 360 g/mol. The van der Waals surface area contributed by atoms with E-state index in [4.69, 9.17) is 0 Å². The van der Waals surface area contributed by atoms with Gasteiger partial charge in [0.1, 0.15) is 0 Å². The summed E-state index contributed by atoms with van der Waals surface area (Å²) >= 11 is 0. The fourth-order valence-corrected chi connectivity index (χ4v) is 4.88. The topological polar surface area (TPSA) is 83.6 Å². The van der Waals surface area contributed by atoms with Gasteiger partial charge in [-0.05, 0) is 41.9 Å². The molecule has 0 radical (unpaired) electrons. The monoisotopic (exact) mass is 388 g/mol. The second-order valence-corrected chi connectivity index (χ2v) is 11.5. The minimum atomic E-state index is -3.55. The number of nitrogens with one attached hydrogen (secondary N) is 1. The summed E-state index contributed by atoms with van der Waals surface area (Å²) in [5.74, 6) is 0.154. The summed E-state index contributed by atoms with van der Waals surface area (Å²) in [5.41, 5.74) is 1.06. The quantitative estimate of drug-likeness (QED) is 0.835. The molecule has 1 N–H and O–H groups in total. The first-order valence-electron chi connectivity index (χ1n) is 8.45. The van der Waals surface area contributed by atoms with Crippen molar-refractivity contribution in [2.24, 2.45) is 5.92 Å². The van der Waals surface area contributed by atoms with Gasteiger partial charge in [-0.25, -0.2) is 25.9 Å². The van der Waals surface area contributed by atoms with Crippen LogP contribution in [-0.4, -0.2) is 47.0 Å². The van der Waals surface area contributed by atoms with Gasteiger partial charge < -0.3 is 0 Å². The van der Waals surface area contributed by atoms with Gasteiger partial charge in [0.15, 0.2) is 0 Å². The zero-order valence-electron chi connectivity index (χ0n) is 15.3. The van der Waals surface area contributed by atoms with Gasteiger partial charge in [-0.15, -0.1) is 0 Å². The lowest BCUT2D eigenvalue weighted by Gasteiger charge is -2.30. The molecule has 1 heterocycles. The van der Waals surface area contributed by atoms with Gasteiger partial charge in [0.2, 0.25) is 20.0 Å². The largest absolute Gasteiger partial charge is 0.240 e.